The number of nitrogens with zero attached hydrogens (tertiary/aromatic N) is 1. The molecule has 2 aromatic carbocycles. The van der Waals surface area contributed by atoms with Crippen LogP contribution in [0.25, 0.3) is 0 Å². The lowest BCUT2D eigenvalue weighted by molar-refractivity contribution is -0.158. The SMILES string of the molecule is CCCCCCCN(Cc1ccc(OC(C)(C)C(=O)OCC)cc1)C(=O)Nc1c(OC)cccc1OCC1CCCCC1. The Morgan fingerprint density at radius 1 is 0.930 bits per heavy atom. The van der Waals surface area contributed by atoms with Gasteiger partial charge in [-0.25, -0.2) is 9.59 Å². The second kappa shape index (κ2) is 17.6. The highest BCUT2D eigenvalue weighted by molar-refractivity contribution is 5.93. The van der Waals surface area contributed by atoms with Gasteiger partial charge in [-0.3, -0.25) is 0 Å². The number of para-hydroxylation sites is 1. The van der Waals surface area contributed by atoms with Crippen molar-refractivity contribution in [2.75, 3.05) is 32.2 Å². The van der Waals surface area contributed by atoms with Crippen LogP contribution in [-0.4, -0.2) is 49.4 Å². The first kappa shape index (κ1) is 34.1. The van der Waals surface area contributed by atoms with Gasteiger partial charge in [0.2, 0.25) is 0 Å². The number of ether oxygens (including phenoxy) is 4. The maximum absolute atomic E-state index is 13.8. The molecule has 3 rings (SSSR count). The van der Waals surface area contributed by atoms with Gasteiger partial charge in [0.1, 0.15) is 22.9 Å². The maximum Gasteiger partial charge on any atom is 0.349 e. The Morgan fingerprint density at radius 2 is 1.63 bits per heavy atom. The van der Waals surface area contributed by atoms with E-state index in [2.05, 4.69) is 12.2 Å². The molecule has 0 aromatic heterocycles. The summed E-state index contributed by atoms with van der Waals surface area (Å²) >= 11 is 0. The van der Waals surface area contributed by atoms with Gasteiger partial charge in [0.15, 0.2) is 5.60 Å². The van der Waals surface area contributed by atoms with E-state index in [0.717, 1.165) is 24.8 Å². The van der Waals surface area contributed by atoms with E-state index in [1.165, 1.54) is 44.9 Å². The van der Waals surface area contributed by atoms with Crippen LogP contribution in [0.4, 0.5) is 10.5 Å². The van der Waals surface area contributed by atoms with Crippen LogP contribution < -0.4 is 19.5 Å². The molecule has 0 atom stereocenters. The van der Waals surface area contributed by atoms with Crippen LogP contribution in [0.3, 0.4) is 0 Å². The van der Waals surface area contributed by atoms with Crippen molar-refractivity contribution in [3.05, 3.63) is 48.0 Å². The topological polar surface area (TPSA) is 86.3 Å². The predicted molar refractivity (Wildman–Crippen MR) is 171 cm³/mol. The van der Waals surface area contributed by atoms with Crippen LogP contribution in [0.5, 0.6) is 17.2 Å². The number of rotatable bonds is 17. The molecule has 1 saturated carbocycles. The number of esters is 1. The fourth-order valence-electron chi connectivity index (χ4n) is 5.36. The van der Waals surface area contributed by atoms with Crippen molar-refractivity contribution in [1.29, 1.82) is 0 Å². The van der Waals surface area contributed by atoms with Gasteiger partial charge >= 0.3 is 12.0 Å². The van der Waals surface area contributed by atoms with E-state index >= 15 is 0 Å². The molecule has 0 aliphatic heterocycles. The van der Waals surface area contributed by atoms with Crippen molar-refractivity contribution >= 4 is 17.7 Å². The Hall–Kier alpha value is -3.42. The average molecular weight is 597 g/mol. The smallest absolute Gasteiger partial charge is 0.349 e. The van der Waals surface area contributed by atoms with Gasteiger partial charge in [-0.05, 0) is 75.8 Å². The molecule has 8 nitrogen and oxygen atoms in total. The lowest BCUT2D eigenvalue weighted by Gasteiger charge is -2.26. The largest absolute Gasteiger partial charge is 0.494 e. The highest BCUT2D eigenvalue weighted by atomic mass is 16.6. The summed E-state index contributed by atoms with van der Waals surface area (Å²) in [6.07, 6.45) is 11.7. The van der Waals surface area contributed by atoms with Crippen LogP contribution in [0.15, 0.2) is 42.5 Å². The molecule has 238 valence electrons. The van der Waals surface area contributed by atoms with E-state index in [9.17, 15) is 9.59 Å². The molecule has 8 heteroatoms. The van der Waals surface area contributed by atoms with Crippen LogP contribution in [0.2, 0.25) is 0 Å². The third-order valence-corrected chi connectivity index (χ3v) is 7.89. The van der Waals surface area contributed by atoms with E-state index < -0.39 is 11.6 Å². The van der Waals surface area contributed by atoms with Gasteiger partial charge in [0.25, 0.3) is 0 Å². The lowest BCUT2D eigenvalue weighted by Crippen LogP contribution is -2.39. The third kappa shape index (κ3) is 11.0. The van der Waals surface area contributed by atoms with E-state index in [0.29, 0.717) is 55.2 Å². The van der Waals surface area contributed by atoms with Gasteiger partial charge in [-0.15, -0.1) is 0 Å². The first-order valence-corrected chi connectivity index (χ1v) is 16.1. The molecule has 0 heterocycles. The molecular formula is C35H52N2O6. The Morgan fingerprint density at radius 3 is 2.30 bits per heavy atom. The normalized spacial score (nSPS) is 13.7. The number of benzene rings is 2. The van der Waals surface area contributed by atoms with Crippen LogP contribution in [-0.2, 0) is 16.1 Å². The summed E-state index contributed by atoms with van der Waals surface area (Å²) in [5, 5.41) is 3.12. The number of hydrogen-bond acceptors (Lipinski definition) is 6. The highest BCUT2D eigenvalue weighted by Crippen LogP contribution is 2.36. The number of nitrogens with one attached hydrogen (secondary N) is 1. The Kier molecular flexibility index (Phi) is 14.0. The summed E-state index contributed by atoms with van der Waals surface area (Å²) in [4.78, 5) is 27.9. The summed E-state index contributed by atoms with van der Waals surface area (Å²) < 4.78 is 22.9. The molecule has 43 heavy (non-hydrogen) atoms. The summed E-state index contributed by atoms with van der Waals surface area (Å²) in [6.45, 7) is 9.33. The van der Waals surface area contributed by atoms with E-state index in [1.807, 2.05) is 47.4 Å². The Labute approximate surface area is 258 Å². The van der Waals surface area contributed by atoms with Gasteiger partial charge < -0.3 is 29.2 Å². The number of unbranched alkanes of at least 4 members (excludes halogenated alkanes) is 4. The van der Waals surface area contributed by atoms with Crippen LogP contribution in [0, 0.1) is 5.92 Å². The van der Waals surface area contributed by atoms with Crippen LogP contribution >= 0.6 is 0 Å². The fourth-order valence-corrected chi connectivity index (χ4v) is 5.36. The number of carbonyl (C=O) groups is 2. The van der Waals surface area contributed by atoms with Crippen molar-refractivity contribution in [2.24, 2.45) is 5.92 Å². The highest BCUT2D eigenvalue weighted by Gasteiger charge is 2.31. The number of amides is 2. The molecule has 1 aliphatic rings. The van der Waals surface area contributed by atoms with Crippen LogP contribution in [0.1, 0.15) is 97.5 Å². The second-order valence-electron chi connectivity index (χ2n) is 11.9. The van der Waals surface area contributed by atoms with Crippen molar-refractivity contribution in [3.63, 3.8) is 0 Å². The van der Waals surface area contributed by atoms with Crippen molar-refractivity contribution in [2.45, 2.75) is 104 Å². The first-order chi connectivity index (χ1) is 20.8. The lowest BCUT2D eigenvalue weighted by atomic mass is 9.90. The quantitative estimate of drug-likeness (QED) is 0.146. The summed E-state index contributed by atoms with van der Waals surface area (Å²) in [6, 6.07) is 12.9. The zero-order valence-electron chi connectivity index (χ0n) is 26.9. The first-order valence-electron chi connectivity index (χ1n) is 16.1. The predicted octanol–water partition coefficient (Wildman–Crippen LogP) is 8.38. The number of methoxy groups -OCH3 is 1. The number of urea groups is 1. The number of anilines is 1. The molecule has 2 aromatic rings. The molecular weight excluding hydrogens is 544 g/mol. The molecule has 1 aliphatic carbocycles. The zero-order chi connectivity index (χ0) is 31.1. The third-order valence-electron chi connectivity index (χ3n) is 7.89. The number of hydrogen-bond donors (Lipinski definition) is 1. The molecule has 1 N–H and O–H groups in total. The van der Waals surface area contributed by atoms with Gasteiger partial charge in [0, 0.05) is 13.1 Å². The van der Waals surface area contributed by atoms with Gasteiger partial charge in [0.05, 0.1) is 20.3 Å². The molecule has 0 unspecified atom stereocenters. The molecule has 0 bridgehead atoms. The molecule has 1 fully saturated rings. The van der Waals surface area contributed by atoms with E-state index in [-0.39, 0.29) is 6.03 Å². The summed E-state index contributed by atoms with van der Waals surface area (Å²) in [7, 11) is 1.61. The van der Waals surface area contributed by atoms with Crippen molar-refractivity contribution in [1.82, 2.24) is 4.90 Å². The zero-order valence-corrected chi connectivity index (χ0v) is 26.9. The monoisotopic (exact) mass is 596 g/mol. The Bertz CT molecular complexity index is 1130. The van der Waals surface area contributed by atoms with Crippen molar-refractivity contribution < 1.29 is 28.5 Å². The molecule has 0 spiro atoms. The number of carbonyl (C=O) groups excluding carboxylic acids is 2. The van der Waals surface area contributed by atoms with E-state index in [1.54, 1.807) is 27.9 Å². The molecule has 0 radical (unpaired) electrons. The standard InChI is InChI=1S/C35H52N2O6/c1-6-8-9-10-14-24-37(25-27-20-22-29(23-21-27)43-35(3,4)33(38)41-7-2)34(39)36-32-30(40-5)18-15-19-31(32)42-26-28-16-12-11-13-17-28/h15,18-23,28H,6-14,16-17,24-26H2,1-5H3,(H,36,39). The minimum atomic E-state index is -1.10. The fraction of sp³-hybridized carbons (Fsp3) is 0.600. The van der Waals surface area contributed by atoms with E-state index in [4.69, 9.17) is 18.9 Å². The maximum atomic E-state index is 13.8. The summed E-state index contributed by atoms with van der Waals surface area (Å²) in [5.74, 6) is 1.89. The van der Waals surface area contributed by atoms with Gasteiger partial charge in [-0.1, -0.05) is 70.1 Å². The molecule has 0 saturated heterocycles. The minimum Gasteiger partial charge on any atom is -0.494 e. The van der Waals surface area contributed by atoms with Gasteiger partial charge in [-0.2, -0.15) is 0 Å². The Balaban J connectivity index is 1.73. The van der Waals surface area contributed by atoms with Crippen molar-refractivity contribution in [3.8, 4) is 17.2 Å². The minimum absolute atomic E-state index is 0.203. The summed E-state index contributed by atoms with van der Waals surface area (Å²) in [5.41, 5.74) is 0.415. The second-order valence-corrected chi connectivity index (χ2v) is 11.9. The average Bonchev–Trinajstić information content (AvgIpc) is 3.01. The molecule has 2 amide bonds.